The second-order valence-corrected chi connectivity index (χ2v) is 8.04. The first-order chi connectivity index (χ1) is 10.3. The van der Waals surface area contributed by atoms with Gasteiger partial charge in [-0.05, 0) is 43.2 Å². The molecule has 112 valence electrons. The predicted octanol–water partition coefficient (Wildman–Crippen LogP) is 2.97. The summed E-state index contributed by atoms with van der Waals surface area (Å²) in [5.41, 5.74) is 1.51. The van der Waals surface area contributed by atoms with Gasteiger partial charge in [0.15, 0.2) is 0 Å². The van der Waals surface area contributed by atoms with Crippen LogP contribution in [0.4, 0.5) is 0 Å². The zero-order valence-corrected chi connectivity index (χ0v) is 13.8. The van der Waals surface area contributed by atoms with Crippen LogP contribution in [0, 0.1) is 6.92 Å². The lowest BCUT2D eigenvalue weighted by atomic mass is 9.85. The summed E-state index contributed by atoms with van der Waals surface area (Å²) in [7, 11) is 0. The van der Waals surface area contributed by atoms with Gasteiger partial charge in [0.25, 0.3) is 0 Å². The largest absolute Gasteiger partial charge is 0.369 e. The van der Waals surface area contributed by atoms with Gasteiger partial charge in [0, 0.05) is 18.0 Å². The van der Waals surface area contributed by atoms with Gasteiger partial charge in [-0.25, -0.2) is 0 Å². The Balaban J connectivity index is 1.45. The van der Waals surface area contributed by atoms with E-state index in [4.69, 9.17) is 4.74 Å². The highest BCUT2D eigenvalue weighted by Gasteiger charge is 2.41. The van der Waals surface area contributed by atoms with Crippen molar-refractivity contribution in [2.75, 3.05) is 19.7 Å². The van der Waals surface area contributed by atoms with Gasteiger partial charge in [0.2, 0.25) is 0 Å². The molecule has 4 nitrogen and oxygen atoms in total. The first-order valence-electron chi connectivity index (χ1n) is 7.47. The molecule has 0 N–H and O–H groups in total. The fourth-order valence-corrected chi connectivity index (χ4v) is 5.31. The smallest absolute Gasteiger partial charge is 0.131 e. The molecule has 1 saturated heterocycles. The molecule has 2 aliphatic heterocycles. The molecule has 0 atom stereocenters. The van der Waals surface area contributed by atoms with Crippen LogP contribution in [-0.2, 0) is 23.3 Å². The van der Waals surface area contributed by atoms with Crippen LogP contribution in [0.25, 0.3) is 0 Å². The number of aromatic nitrogens is 2. The zero-order valence-electron chi connectivity index (χ0n) is 12.2. The van der Waals surface area contributed by atoms with Crippen LogP contribution in [0.5, 0.6) is 0 Å². The number of hydrogen-bond donors (Lipinski definition) is 0. The minimum Gasteiger partial charge on any atom is -0.369 e. The number of likely N-dealkylation sites (tertiary alicyclic amines) is 1. The molecule has 0 aromatic carbocycles. The van der Waals surface area contributed by atoms with Crippen LogP contribution in [0.3, 0.4) is 0 Å². The van der Waals surface area contributed by atoms with E-state index in [1.54, 1.807) is 11.3 Å². The lowest BCUT2D eigenvalue weighted by molar-refractivity contribution is -0.0960. The SMILES string of the molecule is Cc1nnc(CN2CCC3(CC2)OCCc2ccsc23)s1. The topological polar surface area (TPSA) is 38.2 Å². The Kier molecular flexibility index (Phi) is 3.57. The summed E-state index contributed by atoms with van der Waals surface area (Å²) in [4.78, 5) is 3.97. The monoisotopic (exact) mass is 321 g/mol. The molecule has 0 radical (unpaired) electrons. The molecule has 0 aliphatic carbocycles. The summed E-state index contributed by atoms with van der Waals surface area (Å²) in [5.74, 6) is 0. The summed E-state index contributed by atoms with van der Waals surface area (Å²) in [6, 6.07) is 2.28. The first-order valence-corrected chi connectivity index (χ1v) is 9.17. The molecule has 4 rings (SSSR count). The summed E-state index contributed by atoms with van der Waals surface area (Å²) in [6.07, 6.45) is 3.27. The Bertz CT molecular complexity index is 628. The van der Waals surface area contributed by atoms with Crippen LogP contribution in [0.2, 0.25) is 0 Å². The number of thiophene rings is 1. The number of aryl methyl sites for hydroxylation is 1. The standard InChI is InChI=1S/C15H19N3OS2/c1-11-16-17-13(21-11)10-18-6-4-15(5-7-18)14-12(2-8-19-15)3-9-20-14/h3,9H,2,4-8,10H2,1H3. The molecule has 0 unspecified atom stereocenters. The van der Waals surface area contributed by atoms with E-state index in [9.17, 15) is 0 Å². The molecule has 6 heteroatoms. The third-order valence-corrected chi connectivity index (χ3v) is 6.47. The Hall–Kier alpha value is -0.820. The molecule has 2 aromatic rings. The van der Waals surface area contributed by atoms with Crippen LogP contribution >= 0.6 is 22.7 Å². The Morgan fingerprint density at radius 1 is 1.33 bits per heavy atom. The number of ether oxygens (including phenoxy) is 1. The van der Waals surface area contributed by atoms with Gasteiger partial charge in [-0.15, -0.1) is 32.9 Å². The van der Waals surface area contributed by atoms with Gasteiger partial charge in [0.05, 0.1) is 13.2 Å². The zero-order chi connectivity index (χ0) is 14.3. The minimum atomic E-state index is -0.00467. The normalized spacial score (nSPS) is 21.6. The van der Waals surface area contributed by atoms with Crippen molar-refractivity contribution in [1.29, 1.82) is 0 Å². The van der Waals surface area contributed by atoms with Gasteiger partial charge >= 0.3 is 0 Å². The lowest BCUT2D eigenvalue weighted by Crippen LogP contribution is -2.45. The van der Waals surface area contributed by atoms with Crippen molar-refractivity contribution in [2.24, 2.45) is 0 Å². The highest BCUT2D eigenvalue weighted by atomic mass is 32.1. The molecule has 21 heavy (non-hydrogen) atoms. The average molecular weight is 321 g/mol. The highest BCUT2D eigenvalue weighted by molar-refractivity contribution is 7.11. The molecular formula is C15H19N3OS2. The van der Waals surface area contributed by atoms with Crippen LogP contribution in [0.15, 0.2) is 11.4 Å². The van der Waals surface area contributed by atoms with Crippen molar-refractivity contribution >= 4 is 22.7 Å². The van der Waals surface area contributed by atoms with Crippen molar-refractivity contribution in [3.05, 3.63) is 31.9 Å². The van der Waals surface area contributed by atoms with E-state index in [1.165, 1.54) is 10.4 Å². The summed E-state index contributed by atoms with van der Waals surface area (Å²) >= 11 is 3.58. The van der Waals surface area contributed by atoms with Crippen molar-refractivity contribution in [3.8, 4) is 0 Å². The third kappa shape index (κ3) is 2.54. The van der Waals surface area contributed by atoms with Gasteiger partial charge < -0.3 is 4.74 Å². The van der Waals surface area contributed by atoms with Crippen molar-refractivity contribution in [2.45, 2.75) is 38.3 Å². The maximum atomic E-state index is 6.25. The molecule has 0 amide bonds. The van der Waals surface area contributed by atoms with Gasteiger partial charge in [-0.2, -0.15) is 0 Å². The van der Waals surface area contributed by atoms with E-state index in [0.29, 0.717) is 0 Å². The summed E-state index contributed by atoms with van der Waals surface area (Å²) in [5, 5.41) is 12.7. The molecule has 2 aliphatic rings. The average Bonchev–Trinajstić information content (AvgIpc) is 3.12. The van der Waals surface area contributed by atoms with Crippen molar-refractivity contribution in [1.82, 2.24) is 15.1 Å². The fourth-order valence-electron chi connectivity index (χ4n) is 3.39. The maximum absolute atomic E-state index is 6.25. The summed E-state index contributed by atoms with van der Waals surface area (Å²) < 4.78 is 6.25. The molecule has 0 bridgehead atoms. The third-order valence-electron chi connectivity index (χ3n) is 4.50. The van der Waals surface area contributed by atoms with Gasteiger partial charge in [-0.1, -0.05) is 0 Å². The first kappa shape index (κ1) is 13.8. The Labute approximate surface area is 132 Å². The quantitative estimate of drug-likeness (QED) is 0.852. The highest BCUT2D eigenvalue weighted by Crippen LogP contribution is 2.44. The van der Waals surface area contributed by atoms with Gasteiger partial charge in [-0.3, -0.25) is 4.90 Å². The van der Waals surface area contributed by atoms with Crippen LogP contribution in [0.1, 0.15) is 33.3 Å². The lowest BCUT2D eigenvalue weighted by Gasteiger charge is -2.43. The van der Waals surface area contributed by atoms with E-state index in [1.807, 2.05) is 18.3 Å². The molecule has 0 saturated carbocycles. The fraction of sp³-hybridized carbons (Fsp3) is 0.600. The summed E-state index contributed by atoms with van der Waals surface area (Å²) in [6.45, 7) is 5.98. The predicted molar refractivity (Wildman–Crippen MR) is 84.8 cm³/mol. The van der Waals surface area contributed by atoms with E-state index in [-0.39, 0.29) is 5.60 Å². The van der Waals surface area contributed by atoms with Crippen molar-refractivity contribution < 1.29 is 4.74 Å². The van der Waals surface area contributed by atoms with E-state index in [2.05, 4.69) is 26.5 Å². The van der Waals surface area contributed by atoms with E-state index < -0.39 is 0 Å². The Morgan fingerprint density at radius 2 is 2.19 bits per heavy atom. The minimum absolute atomic E-state index is 0.00467. The number of piperidine rings is 1. The van der Waals surface area contributed by atoms with E-state index >= 15 is 0 Å². The van der Waals surface area contributed by atoms with Crippen LogP contribution < -0.4 is 0 Å². The number of hydrogen-bond acceptors (Lipinski definition) is 6. The number of fused-ring (bicyclic) bond motifs is 2. The number of nitrogens with zero attached hydrogens (tertiary/aromatic N) is 3. The second-order valence-electron chi connectivity index (χ2n) is 5.86. The number of rotatable bonds is 2. The Morgan fingerprint density at radius 3 is 2.95 bits per heavy atom. The van der Waals surface area contributed by atoms with Crippen molar-refractivity contribution in [3.63, 3.8) is 0 Å². The molecule has 4 heterocycles. The van der Waals surface area contributed by atoms with Crippen LogP contribution in [-0.4, -0.2) is 34.8 Å². The van der Waals surface area contributed by atoms with E-state index in [0.717, 1.165) is 55.5 Å². The molecule has 2 aromatic heterocycles. The molecule has 1 spiro atoms. The maximum Gasteiger partial charge on any atom is 0.131 e. The molecular weight excluding hydrogens is 302 g/mol. The van der Waals surface area contributed by atoms with Gasteiger partial charge in [0.1, 0.15) is 15.6 Å². The molecule has 1 fully saturated rings. The second kappa shape index (κ2) is 5.43.